The zero-order chi connectivity index (χ0) is 18.8. The zero-order valence-electron chi connectivity index (χ0n) is 15.4. The molecule has 0 saturated heterocycles. The lowest BCUT2D eigenvalue weighted by atomic mass is 9.87. The number of methoxy groups -OCH3 is 1. The van der Waals surface area contributed by atoms with Crippen molar-refractivity contribution in [2.45, 2.75) is 12.5 Å². The van der Waals surface area contributed by atoms with Crippen molar-refractivity contribution < 1.29 is 14.3 Å². The fourth-order valence-electron chi connectivity index (χ4n) is 3.52. The predicted molar refractivity (Wildman–Crippen MR) is 104 cm³/mol. The van der Waals surface area contributed by atoms with E-state index in [0.717, 1.165) is 33.9 Å². The Hall–Kier alpha value is -3.27. The Morgan fingerprint density at radius 2 is 1.59 bits per heavy atom. The van der Waals surface area contributed by atoms with Gasteiger partial charge in [-0.25, -0.2) is 0 Å². The van der Waals surface area contributed by atoms with Gasteiger partial charge >= 0.3 is 0 Å². The number of ether oxygens (including phenoxy) is 2. The summed E-state index contributed by atoms with van der Waals surface area (Å²) in [5.41, 5.74) is 2.83. The van der Waals surface area contributed by atoms with Crippen molar-refractivity contribution >= 4 is 5.91 Å². The first kappa shape index (κ1) is 17.2. The average molecular weight is 359 g/mol. The summed E-state index contributed by atoms with van der Waals surface area (Å²) < 4.78 is 11.3. The maximum absolute atomic E-state index is 13.4. The minimum Gasteiger partial charge on any atom is -0.497 e. The Bertz CT molecular complexity index is 937. The molecule has 27 heavy (non-hydrogen) atoms. The molecule has 0 fully saturated rings. The van der Waals surface area contributed by atoms with E-state index in [9.17, 15) is 4.79 Å². The fraction of sp³-hybridized carbons (Fsp3) is 0.174. The summed E-state index contributed by atoms with van der Waals surface area (Å²) in [5, 5.41) is 0. The Morgan fingerprint density at radius 3 is 2.22 bits per heavy atom. The van der Waals surface area contributed by atoms with E-state index in [0.29, 0.717) is 6.54 Å². The first-order valence-corrected chi connectivity index (χ1v) is 8.91. The number of carbonyl (C=O) groups is 1. The lowest BCUT2D eigenvalue weighted by Crippen LogP contribution is -2.33. The SMILES string of the molecule is COc1cccc(CN(C)C(=O)C2c3ccccc3Oc3ccccc32)c1. The molecule has 4 nitrogen and oxygen atoms in total. The zero-order valence-corrected chi connectivity index (χ0v) is 15.4. The maximum atomic E-state index is 13.4. The van der Waals surface area contributed by atoms with Gasteiger partial charge in [-0.3, -0.25) is 4.79 Å². The molecule has 0 atom stereocenters. The van der Waals surface area contributed by atoms with Gasteiger partial charge in [0, 0.05) is 24.7 Å². The Labute approximate surface area is 159 Å². The first-order valence-electron chi connectivity index (χ1n) is 8.91. The molecule has 1 aliphatic rings. The molecule has 0 aliphatic carbocycles. The number of carbonyl (C=O) groups excluding carboxylic acids is 1. The van der Waals surface area contributed by atoms with Crippen molar-refractivity contribution in [2.75, 3.05) is 14.2 Å². The number of para-hydroxylation sites is 2. The second-order valence-electron chi connectivity index (χ2n) is 6.66. The molecule has 1 aliphatic heterocycles. The molecule has 0 spiro atoms. The average Bonchev–Trinajstić information content (AvgIpc) is 2.71. The number of amides is 1. The summed E-state index contributed by atoms with van der Waals surface area (Å²) >= 11 is 0. The molecule has 4 rings (SSSR count). The normalized spacial score (nSPS) is 12.5. The van der Waals surface area contributed by atoms with Gasteiger partial charge in [-0.1, -0.05) is 48.5 Å². The third kappa shape index (κ3) is 3.26. The van der Waals surface area contributed by atoms with Gasteiger partial charge < -0.3 is 14.4 Å². The molecular formula is C23H21NO3. The van der Waals surface area contributed by atoms with Crippen molar-refractivity contribution in [1.82, 2.24) is 4.90 Å². The number of hydrogen-bond acceptors (Lipinski definition) is 3. The van der Waals surface area contributed by atoms with Crippen molar-refractivity contribution in [3.8, 4) is 17.2 Å². The smallest absolute Gasteiger partial charge is 0.234 e. The van der Waals surface area contributed by atoms with Gasteiger partial charge in [0.2, 0.25) is 5.91 Å². The van der Waals surface area contributed by atoms with E-state index in [4.69, 9.17) is 9.47 Å². The van der Waals surface area contributed by atoms with Crippen molar-refractivity contribution in [3.05, 3.63) is 89.5 Å². The quantitative estimate of drug-likeness (QED) is 0.684. The molecule has 0 saturated carbocycles. The van der Waals surface area contributed by atoms with E-state index in [1.807, 2.05) is 79.8 Å². The van der Waals surface area contributed by atoms with Gasteiger partial charge in [0.05, 0.1) is 13.0 Å². The van der Waals surface area contributed by atoms with Gasteiger partial charge in [0.25, 0.3) is 0 Å². The Morgan fingerprint density at radius 1 is 0.963 bits per heavy atom. The molecule has 0 N–H and O–H groups in total. The number of fused-ring (bicyclic) bond motifs is 2. The summed E-state index contributed by atoms with van der Waals surface area (Å²) in [6.45, 7) is 0.512. The molecule has 0 radical (unpaired) electrons. The molecule has 4 heteroatoms. The van der Waals surface area contributed by atoms with E-state index >= 15 is 0 Å². The van der Waals surface area contributed by atoms with E-state index in [1.54, 1.807) is 12.0 Å². The second kappa shape index (κ2) is 7.16. The monoisotopic (exact) mass is 359 g/mol. The minimum atomic E-state index is -0.373. The molecular weight excluding hydrogens is 338 g/mol. The number of nitrogens with zero attached hydrogens (tertiary/aromatic N) is 1. The third-order valence-electron chi connectivity index (χ3n) is 4.86. The second-order valence-corrected chi connectivity index (χ2v) is 6.66. The van der Waals surface area contributed by atoms with Crippen LogP contribution in [0.3, 0.4) is 0 Å². The lowest BCUT2D eigenvalue weighted by molar-refractivity contribution is -0.131. The van der Waals surface area contributed by atoms with Crippen LogP contribution in [-0.2, 0) is 11.3 Å². The molecule has 136 valence electrons. The van der Waals surface area contributed by atoms with Crippen LogP contribution >= 0.6 is 0 Å². The summed E-state index contributed by atoms with van der Waals surface area (Å²) in [6, 6.07) is 23.3. The van der Waals surface area contributed by atoms with Crippen LogP contribution in [0.15, 0.2) is 72.8 Å². The van der Waals surface area contributed by atoms with E-state index in [1.165, 1.54) is 0 Å². The van der Waals surface area contributed by atoms with Gasteiger partial charge in [-0.2, -0.15) is 0 Å². The fourth-order valence-corrected chi connectivity index (χ4v) is 3.52. The van der Waals surface area contributed by atoms with Crippen LogP contribution in [0.4, 0.5) is 0 Å². The maximum Gasteiger partial charge on any atom is 0.234 e. The van der Waals surface area contributed by atoms with E-state index < -0.39 is 0 Å². The van der Waals surface area contributed by atoms with E-state index in [-0.39, 0.29) is 11.8 Å². The molecule has 3 aromatic rings. The summed E-state index contributed by atoms with van der Waals surface area (Å²) in [4.78, 5) is 15.2. The number of likely N-dealkylation sites (N-methyl/N-ethyl adjacent to an activating group) is 1. The van der Waals surface area contributed by atoms with Crippen molar-refractivity contribution in [1.29, 1.82) is 0 Å². The highest BCUT2D eigenvalue weighted by atomic mass is 16.5. The van der Waals surface area contributed by atoms with Gasteiger partial charge in [-0.05, 0) is 29.8 Å². The van der Waals surface area contributed by atoms with Crippen LogP contribution in [0.2, 0.25) is 0 Å². The Kier molecular flexibility index (Phi) is 4.55. The van der Waals surface area contributed by atoms with Crippen LogP contribution in [-0.4, -0.2) is 25.0 Å². The summed E-state index contributed by atoms with van der Waals surface area (Å²) in [6.07, 6.45) is 0. The predicted octanol–water partition coefficient (Wildman–Crippen LogP) is 4.59. The number of rotatable bonds is 4. The minimum absolute atomic E-state index is 0.0426. The molecule has 3 aromatic carbocycles. The number of hydrogen-bond donors (Lipinski definition) is 0. The van der Waals surface area contributed by atoms with Gasteiger partial charge in [-0.15, -0.1) is 0 Å². The summed E-state index contributed by atoms with van der Waals surface area (Å²) in [7, 11) is 3.48. The first-order chi connectivity index (χ1) is 13.2. The van der Waals surface area contributed by atoms with Gasteiger partial charge in [0.15, 0.2) is 0 Å². The third-order valence-corrected chi connectivity index (χ3v) is 4.86. The lowest BCUT2D eigenvalue weighted by Gasteiger charge is -2.30. The molecule has 0 aromatic heterocycles. The van der Waals surface area contributed by atoms with Crippen LogP contribution in [0.1, 0.15) is 22.6 Å². The highest BCUT2D eigenvalue weighted by Gasteiger charge is 2.34. The van der Waals surface area contributed by atoms with Crippen molar-refractivity contribution in [2.24, 2.45) is 0 Å². The molecule has 0 unspecified atom stereocenters. The molecule has 1 amide bonds. The van der Waals surface area contributed by atoms with Crippen LogP contribution in [0, 0.1) is 0 Å². The highest BCUT2D eigenvalue weighted by Crippen LogP contribution is 2.44. The molecule has 0 bridgehead atoms. The van der Waals surface area contributed by atoms with Gasteiger partial charge in [0.1, 0.15) is 17.2 Å². The number of benzene rings is 3. The van der Waals surface area contributed by atoms with Crippen LogP contribution in [0.5, 0.6) is 17.2 Å². The Balaban J connectivity index is 1.66. The van der Waals surface area contributed by atoms with E-state index in [2.05, 4.69) is 0 Å². The van der Waals surface area contributed by atoms with Crippen LogP contribution in [0.25, 0.3) is 0 Å². The highest BCUT2D eigenvalue weighted by molar-refractivity contribution is 5.89. The van der Waals surface area contributed by atoms with Crippen molar-refractivity contribution in [3.63, 3.8) is 0 Å². The standard InChI is InChI=1S/C23H21NO3/c1-24(15-16-8-7-9-17(14-16)26-2)23(25)22-18-10-3-5-12-20(18)27-21-13-6-4-11-19(21)22/h3-14,22H,15H2,1-2H3. The largest absolute Gasteiger partial charge is 0.497 e. The summed E-state index contributed by atoms with van der Waals surface area (Å²) in [5.74, 6) is 1.94. The topological polar surface area (TPSA) is 38.8 Å². The molecule has 1 heterocycles. The van der Waals surface area contributed by atoms with Crippen LogP contribution < -0.4 is 9.47 Å².